The molecule has 0 nitrogen and oxygen atoms in total. The van der Waals surface area contributed by atoms with E-state index in [-0.39, 0.29) is 5.92 Å². The number of hydrogen-bond acceptors (Lipinski definition) is 0. The second-order valence-corrected chi connectivity index (χ2v) is 16.6. The Morgan fingerprint density at radius 1 is 0.786 bits per heavy atom. The predicted octanol–water partition coefficient (Wildman–Crippen LogP) is 11.9. The van der Waals surface area contributed by atoms with Crippen LogP contribution in [0.3, 0.4) is 0 Å². The molecule has 8 rings (SSSR count). The SMILES string of the molecule is C=C(/C=C\C=C/I)I1c2ccccc2-c2c1c1c(c3c2ccc2ccccc23)C(C2=C=CC=CC=C2)c2ccccc2-1. The van der Waals surface area contributed by atoms with Crippen molar-refractivity contribution in [1.82, 2.24) is 0 Å². The molecule has 0 bridgehead atoms. The van der Waals surface area contributed by atoms with Gasteiger partial charge in [-0.1, -0.05) is 0 Å². The molecule has 0 spiro atoms. The van der Waals surface area contributed by atoms with Crippen molar-refractivity contribution in [3.63, 3.8) is 0 Å². The van der Waals surface area contributed by atoms with Gasteiger partial charge < -0.3 is 0 Å². The summed E-state index contributed by atoms with van der Waals surface area (Å²) in [6.45, 7) is 4.74. The summed E-state index contributed by atoms with van der Waals surface area (Å²) >= 11 is 0.183. The summed E-state index contributed by atoms with van der Waals surface area (Å²) in [4.78, 5) is 0. The second-order valence-electron chi connectivity index (χ2n) is 10.6. The van der Waals surface area contributed by atoms with Gasteiger partial charge in [0.1, 0.15) is 0 Å². The average Bonchev–Trinajstić information content (AvgIpc) is 3.41. The molecular weight excluding hydrogens is 734 g/mol. The Morgan fingerprint density at radius 2 is 1.60 bits per heavy atom. The van der Waals surface area contributed by atoms with Gasteiger partial charge in [0.25, 0.3) is 0 Å². The van der Waals surface area contributed by atoms with Gasteiger partial charge in [0.2, 0.25) is 0 Å². The Bertz CT molecular complexity index is 2160. The van der Waals surface area contributed by atoms with Gasteiger partial charge in [0.15, 0.2) is 0 Å². The molecule has 0 aromatic heterocycles. The molecule has 0 radical (unpaired) electrons. The second kappa shape index (κ2) is 10.5. The van der Waals surface area contributed by atoms with Crippen LogP contribution in [0.15, 0.2) is 159 Å². The molecule has 1 unspecified atom stereocenters. The number of rotatable bonds is 4. The monoisotopic (exact) mass is 760 g/mol. The molecule has 0 amide bonds. The molecule has 1 atom stereocenters. The summed E-state index contributed by atoms with van der Waals surface area (Å²) in [5, 5.41) is 5.34. The molecule has 0 N–H and O–H groups in total. The van der Waals surface area contributed by atoms with Crippen LogP contribution in [0.5, 0.6) is 0 Å². The Kier molecular flexibility index (Phi) is 6.51. The zero-order valence-corrected chi connectivity index (χ0v) is 27.1. The zero-order valence-electron chi connectivity index (χ0n) is 22.8. The van der Waals surface area contributed by atoms with E-state index in [2.05, 4.69) is 166 Å². The van der Waals surface area contributed by atoms with Crippen molar-refractivity contribution in [2.45, 2.75) is 5.92 Å². The molecule has 1 aliphatic heterocycles. The fourth-order valence-corrected chi connectivity index (χ4v) is 13.5. The van der Waals surface area contributed by atoms with Crippen molar-refractivity contribution in [2.75, 3.05) is 0 Å². The van der Waals surface area contributed by atoms with Crippen LogP contribution in [0.1, 0.15) is 17.0 Å². The summed E-state index contributed by atoms with van der Waals surface area (Å²) in [5.74, 6) is 0.106. The van der Waals surface area contributed by atoms with E-state index in [1.807, 2.05) is 0 Å². The van der Waals surface area contributed by atoms with Crippen LogP contribution in [-0.2, 0) is 0 Å². The molecule has 2 aliphatic carbocycles. The van der Waals surface area contributed by atoms with Crippen LogP contribution in [-0.4, -0.2) is 0 Å². The third-order valence-electron chi connectivity index (χ3n) is 8.40. The van der Waals surface area contributed by atoms with E-state index in [0.29, 0.717) is 0 Å². The van der Waals surface area contributed by atoms with Crippen LogP contribution >= 0.6 is 42.4 Å². The summed E-state index contributed by atoms with van der Waals surface area (Å²) in [5.41, 5.74) is 13.3. The van der Waals surface area contributed by atoms with E-state index in [9.17, 15) is 0 Å². The molecule has 0 fully saturated rings. The fourth-order valence-electron chi connectivity index (χ4n) is 6.81. The Balaban J connectivity index is 1.58. The van der Waals surface area contributed by atoms with Gasteiger partial charge in [-0.25, -0.2) is 0 Å². The van der Waals surface area contributed by atoms with Gasteiger partial charge in [-0.3, -0.25) is 0 Å². The average molecular weight is 760 g/mol. The number of halogens is 2. The van der Waals surface area contributed by atoms with Gasteiger partial charge in [0, 0.05) is 0 Å². The quantitative estimate of drug-likeness (QED) is 0.0741. The third-order valence-corrected chi connectivity index (χ3v) is 14.8. The molecule has 5 aromatic carbocycles. The summed E-state index contributed by atoms with van der Waals surface area (Å²) in [7, 11) is 0. The molecular formula is C40H26I2. The van der Waals surface area contributed by atoms with Crippen molar-refractivity contribution in [1.29, 1.82) is 0 Å². The molecule has 42 heavy (non-hydrogen) atoms. The van der Waals surface area contributed by atoms with Gasteiger partial charge in [0.05, 0.1) is 0 Å². The Morgan fingerprint density at radius 3 is 2.50 bits per heavy atom. The van der Waals surface area contributed by atoms with Crippen LogP contribution in [0, 0.1) is 7.14 Å². The number of fused-ring (bicyclic) bond motifs is 12. The first-order valence-corrected chi connectivity index (χ1v) is 18.6. The van der Waals surface area contributed by atoms with Crippen LogP contribution in [0.2, 0.25) is 0 Å². The van der Waals surface area contributed by atoms with Gasteiger partial charge >= 0.3 is 269 Å². The van der Waals surface area contributed by atoms with Gasteiger partial charge in [-0.15, -0.1) is 0 Å². The first kappa shape index (κ1) is 26.0. The number of hydrogen-bond donors (Lipinski definition) is 0. The normalized spacial score (nSPS) is 17.1. The van der Waals surface area contributed by atoms with E-state index in [0.717, 1.165) is 0 Å². The standard InChI is InChI=1S/C40H26I2/c1-26(14-12-13-25-41)42-34-22-11-10-21-32(34)37-33-24-23-27-15-6-7-18-29(27)36(33)39-35(28-16-4-2-3-5-17-28)30-19-8-9-20-31(30)38(39)40(37)42/h2-16,18-25,35H,1H2/b14-12-,25-13-. The maximum absolute atomic E-state index is 4.74. The first-order chi connectivity index (χ1) is 20.8. The Labute approximate surface area is 267 Å². The predicted molar refractivity (Wildman–Crippen MR) is 197 cm³/mol. The van der Waals surface area contributed by atoms with Crippen molar-refractivity contribution in [3.05, 3.63) is 177 Å². The molecule has 5 aromatic rings. The first-order valence-electron chi connectivity index (χ1n) is 14.1. The minimum absolute atomic E-state index is 0.106. The Hall–Kier alpha value is -3.70. The maximum atomic E-state index is 4.74. The number of allylic oxidation sites excluding steroid dienone is 9. The van der Waals surface area contributed by atoms with E-state index in [4.69, 9.17) is 6.58 Å². The van der Waals surface area contributed by atoms with E-state index in [1.165, 1.54) is 67.6 Å². The van der Waals surface area contributed by atoms with Gasteiger partial charge in [-0.05, 0) is 0 Å². The third kappa shape index (κ3) is 3.86. The van der Waals surface area contributed by atoms with Crippen molar-refractivity contribution in [2.24, 2.45) is 0 Å². The molecule has 1 heterocycles. The van der Waals surface area contributed by atoms with Crippen LogP contribution in [0.4, 0.5) is 0 Å². The fraction of sp³-hybridized carbons (Fsp3) is 0.0250. The summed E-state index contributed by atoms with van der Waals surface area (Å²) < 4.78 is 6.35. The van der Waals surface area contributed by atoms with Crippen molar-refractivity contribution < 1.29 is 0 Å². The van der Waals surface area contributed by atoms with Crippen molar-refractivity contribution in [3.8, 4) is 22.3 Å². The van der Waals surface area contributed by atoms with E-state index >= 15 is 0 Å². The number of benzene rings is 5. The molecule has 2 heteroatoms. The molecule has 0 saturated carbocycles. The zero-order chi connectivity index (χ0) is 28.2. The molecule has 3 aliphatic rings. The minimum atomic E-state index is -2.10. The topological polar surface area (TPSA) is 0 Å². The molecule has 200 valence electrons. The molecule has 0 saturated heterocycles. The van der Waals surface area contributed by atoms with Crippen LogP contribution < -0.4 is 0 Å². The summed E-state index contributed by atoms with van der Waals surface area (Å²) in [6, 6.07) is 31.8. The summed E-state index contributed by atoms with van der Waals surface area (Å²) in [6.07, 6.45) is 17.1. The van der Waals surface area contributed by atoms with Crippen LogP contribution in [0.25, 0.3) is 43.8 Å². The van der Waals surface area contributed by atoms with Crippen molar-refractivity contribution >= 4 is 64.0 Å². The van der Waals surface area contributed by atoms with E-state index < -0.39 is 19.8 Å². The van der Waals surface area contributed by atoms with Gasteiger partial charge in [-0.2, -0.15) is 0 Å². The van der Waals surface area contributed by atoms with E-state index in [1.54, 1.807) is 3.57 Å².